The molecule has 2 aliphatic heterocycles. The van der Waals surface area contributed by atoms with Gasteiger partial charge in [0.1, 0.15) is 0 Å². The maximum atomic E-state index is 12.3. The quantitative estimate of drug-likeness (QED) is 0.710. The summed E-state index contributed by atoms with van der Waals surface area (Å²) < 4.78 is 4.64. The van der Waals surface area contributed by atoms with Crippen LogP contribution in [0.4, 0.5) is 0 Å². The molecule has 2 saturated heterocycles. The maximum Gasteiger partial charge on any atom is 0.306 e. The molecule has 19 heavy (non-hydrogen) atoms. The Morgan fingerprint density at radius 2 is 1.74 bits per heavy atom. The monoisotopic (exact) mass is 268 g/mol. The predicted molar refractivity (Wildman–Crippen MR) is 71.6 cm³/mol. The van der Waals surface area contributed by atoms with Crippen molar-refractivity contribution in [3.05, 3.63) is 0 Å². The summed E-state index contributed by atoms with van der Waals surface area (Å²) >= 11 is 0. The number of hydrogen-bond acceptors (Lipinski definition) is 4. The zero-order valence-electron chi connectivity index (χ0n) is 11.8. The lowest BCUT2D eigenvalue weighted by Crippen LogP contribution is -2.42. The predicted octanol–water partition coefficient (Wildman–Crippen LogP) is 0.884. The van der Waals surface area contributed by atoms with Gasteiger partial charge in [0.2, 0.25) is 5.91 Å². The molecule has 0 aromatic carbocycles. The van der Waals surface area contributed by atoms with E-state index in [1.54, 1.807) is 0 Å². The van der Waals surface area contributed by atoms with E-state index >= 15 is 0 Å². The molecular weight excluding hydrogens is 244 g/mol. The van der Waals surface area contributed by atoms with Crippen LogP contribution in [0.25, 0.3) is 0 Å². The summed E-state index contributed by atoms with van der Waals surface area (Å²) in [5.74, 6) is 0.396. The van der Waals surface area contributed by atoms with Gasteiger partial charge in [0.15, 0.2) is 0 Å². The topological polar surface area (TPSA) is 49.9 Å². The average molecular weight is 268 g/mol. The molecule has 2 fully saturated rings. The van der Waals surface area contributed by atoms with E-state index < -0.39 is 0 Å². The summed E-state index contributed by atoms with van der Waals surface area (Å²) in [4.78, 5) is 27.6. The Morgan fingerprint density at radius 1 is 1.11 bits per heavy atom. The number of rotatable bonds is 4. The van der Waals surface area contributed by atoms with Gasteiger partial charge in [-0.1, -0.05) is 0 Å². The number of piperidine rings is 1. The highest BCUT2D eigenvalue weighted by Gasteiger charge is 2.29. The third-order valence-corrected chi connectivity index (χ3v) is 4.21. The highest BCUT2D eigenvalue weighted by atomic mass is 16.5. The molecule has 2 aliphatic rings. The van der Waals surface area contributed by atoms with Crippen molar-refractivity contribution in [1.29, 1.82) is 0 Å². The lowest BCUT2D eigenvalue weighted by Gasteiger charge is -2.32. The molecule has 0 aromatic heterocycles. The summed E-state index contributed by atoms with van der Waals surface area (Å²) in [7, 11) is 1.42. The molecular formula is C14H24N2O3. The standard InChI is InChI=1S/C14H24N2O3/c1-19-13(17)6-11-15-9-4-12(5-10-15)14(18)16-7-2-3-8-16/h12H,2-11H2,1H3. The molecule has 2 heterocycles. The molecule has 0 N–H and O–H groups in total. The zero-order chi connectivity index (χ0) is 13.7. The number of carbonyl (C=O) groups excluding carboxylic acids is 2. The molecule has 5 heteroatoms. The van der Waals surface area contributed by atoms with Crippen LogP contribution in [-0.4, -0.2) is 61.5 Å². The summed E-state index contributed by atoms with van der Waals surface area (Å²) in [5, 5.41) is 0. The van der Waals surface area contributed by atoms with E-state index in [4.69, 9.17) is 0 Å². The van der Waals surface area contributed by atoms with Crippen molar-refractivity contribution in [3.63, 3.8) is 0 Å². The average Bonchev–Trinajstić information content (AvgIpc) is 2.98. The van der Waals surface area contributed by atoms with Crippen LogP contribution in [0.5, 0.6) is 0 Å². The summed E-state index contributed by atoms with van der Waals surface area (Å²) in [6, 6.07) is 0. The van der Waals surface area contributed by atoms with Crippen LogP contribution >= 0.6 is 0 Å². The lowest BCUT2D eigenvalue weighted by molar-refractivity contribution is -0.141. The molecule has 0 unspecified atom stereocenters. The van der Waals surface area contributed by atoms with Gasteiger partial charge in [0.05, 0.1) is 13.5 Å². The van der Waals surface area contributed by atoms with Crippen molar-refractivity contribution in [2.75, 3.05) is 39.8 Å². The van der Waals surface area contributed by atoms with E-state index in [0.29, 0.717) is 12.3 Å². The van der Waals surface area contributed by atoms with Gasteiger partial charge < -0.3 is 14.5 Å². The van der Waals surface area contributed by atoms with Crippen molar-refractivity contribution >= 4 is 11.9 Å². The van der Waals surface area contributed by atoms with Crippen LogP contribution in [0.3, 0.4) is 0 Å². The molecule has 0 spiro atoms. The molecule has 108 valence electrons. The van der Waals surface area contributed by atoms with Gasteiger partial charge in [-0.15, -0.1) is 0 Å². The number of hydrogen-bond donors (Lipinski definition) is 0. The van der Waals surface area contributed by atoms with Crippen molar-refractivity contribution in [1.82, 2.24) is 9.80 Å². The molecule has 0 aliphatic carbocycles. The molecule has 1 amide bonds. The minimum absolute atomic E-state index is 0.157. The third-order valence-electron chi connectivity index (χ3n) is 4.21. The number of likely N-dealkylation sites (tertiary alicyclic amines) is 2. The first-order valence-electron chi connectivity index (χ1n) is 7.28. The Labute approximate surface area is 114 Å². The first kappa shape index (κ1) is 14.3. The third kappa shape index (κ3) is 3.93. The van der Waals surface area contributed by atoms with Crippen LogP contribution < -0.4 is 0 Å². The summed E-state index contributed by atoms with van der Waals surface area (Å²) in [6.45, 7) is 4.47. The van der Waals surface area contributed by atoms with Crippen molar-refractivity contribution in [2.45, 2.75) is 32.1 Å². The van der Waals surface area contributed by atoms with E-state index in [1.807, 2.05) is 4.90 Å². The normalized spacial score (nSPS) is 21.6. The molecule has 2 rings (SSSR count). The fourth-order valence-electron chi connectivity index (χ4n) is 2.95. The van der Waals surface area contributed by atoms with E-state index in [0.717, 1.165) is 58.4 Å². The number of ether oxygens (including phenoxy) is 1. The second-order valence-corrected chi connectivity index (χ2v) is 5.47. The fraction of sp³-hybridized carbons (Fsp3) is 0.857. The van der Waals surface area contributed by atoms with Gasteiger partial charge in [-0.05, 0) is 38.8 Å². The summed E-state index contributed by atoms with van der Waals surface area (Å²) in [6.07, 6.45) is 4.61. The fourth-order valence-corrected chi connectivity index (χ4v) is 2.95. The second-order valence-electron chi connectivity index (χ2n) is 5.47. The molecule has 0 radical (unpaired) electrons. The van der Waals surface area contributed by atoms with Crippen LogP contribution in [-0.2, 0) is 14.3 Å². The molecule has 0 bridgehead atoms. The highest BCUT2D eigenvalue weighted by Crippen LogP contribution is 2.22. The Balaban J connectivity index is 1.69. The van der Waals surface area contributed by atoms with Crippen LogP contribution in [0.2, 0.25) is 0 Å². The Morgan fingerprint density at radius 3 is 2.32 bits per heavy atom. The molecule has 0 saturated carbocycles. The number of esters is 1. The largest absolute Gasteiger partial charge is 0.469 e. The maximum absolute atomic E-state index is 12.3. The van der Waals surface area contributed by atoms with Crippen molar-refractivity contribution in [3.8, 4) is 0 Å². The van der Waals surface area contributed by atoms with Crippen molar-refractivity contribution < 1.29 is 14.3 Å². The zero-order valence-corrected chi connectivity index (χ0v) is 11.8. The number of amides is 1. The van der Waals surface area contributed by atoms with Crippen molar-refractivity contribution in [2.24, 2.45) is 5.92 Å². The first-order valence-corrected chi connectivity index (χ1v) is 7.28. The van der Waals surface area contributed by atoms with Crippen LogP contribution in [0.1, 0.15) is 32.1 Å². The van der Waals surface area contributed by atoms with E-state index in [2.05, 4.69) is 9.64 Å². The smallest absolute Gasteiger partial charge is 0.306 e. The number of methoxy groups -OCH3 is 1. The van der Waals surface area contributed by atoms with Gasteiger partial charge >= 0.3 is 5.97 Å². The Kier molecular flexibility index (Phi) is 5.19. The SMILES string of the molecule is COC(=O)CCN1CCC(C(=O)N2CCCC2)CC1. The Bertz CT molecular complexity index is 319. The van der Waals surface area contributed by atoms with Crippen LogP contribution in [0.15, 0.2) is 0 Å². The highest BCUT2D eigenvalue weighted by molar-refractivity contribution is 5.79. The van der Waals surface area contributed by atoms with Crippen LogP contribution in [0, 0.1) is 5.92 Å². The van der Waals surface area contributed by atoms with E-state index in [9.17, 15) is 9.59 Å². The summed E-state index contributed by atoms with van der Waals surface area (Å²) in [5.41, 5.74) is 0. The number of nitrogens with zero attached hydrogens (tertiary/aromatic N) is 2. The van der Waals surface area contributed by atoms with Gasteiger partial charge in [0.25, 0.3) is 0 Å². The molecule has 5 nitrogen and oxygen atoms in total. The molecule has 0 aromatic rings. The lowest BCUT2D eigenvalue weighted by atomic mass is 9.95. The number of carbonyl (C=O) groups is 2. The minimum Gasteiger partial charge on any atom is -0.469 e. The van der Waals surface area contributed by atoms with E-state index in [1.165, 1.54) is 7.11 Å². The molecule has 0 atom stereocenters. The van der Waals surface area contributed by atoms with Gasteiger partial charge in [-0.25, -0.2) is 0 Å². The Hall–Kier alpha value is -1.10. The second kappa shape index (κ2) is 6.89. The van der Waals surface area contributed by atoms with Gasteiger partial charge in [0, 0.05) is 25.6 Å². The van der Waals surface area contributed by atoms with E-state index in [-0.39, 0.29) is 11.9 Å². The minimum atomic E-state index is -0.157. The van der Waals surface area contributed by atoms with Gasteiger partial charge in [-0.2, -0.15) is 0 Å². The van der Waals surface area contributed by atoms with Gasteiger partial charge in [-0.3, -0.25) is 9.59 Å². The first-order chi connectivity index (χ1) is 9.20.